The standard InChI is InChI=1S/C5H11NOS2/c1-3-5(7)6-4-9(2)8/h3-4H2,1-2H3,(H,6,7). The Morgan fingerprint density at radius 1 is 1.78 bits per heavy atom. The van der Waals surface area contributed by atoms with E-state index < -0.39 is 0 Å². The van der Waals surface area contributed by atoms with Gasteiger partial charge < -0.3 is 5.32 Å². The van der Waals surface area contributed by atoms with Gasteiger partial charge in [-0.3, -0.25) is 4.79 Å². The third-order valence-corrected chi connectivity index (χ3v) is 1.70. The molecule has 1 atom stereocenters. The molecule has 1 N–H and O–H groups in total. The minimum absolute atomic E-state index is 0.0826. The molecular formula is C5H11NOS2. The fourth-order valence-corrected chi connectivity index (χ4v) is 0.848. The highest BCUT2D eigenvalue weighted by atomic mass is 32.8. The van der Waals surface area contributed by atoms with Crippen molar-refractivity contribution < 1.29 is 4.79 Å². The van der Waals surface area contributed by atoms with Gasteiger partial charge in [-0.05, 0) is 6.26 Å². The summed E-state index contributed by atoms with van der Waals surface area (Å²) in [6.45, 7) is 1.83. The van der Waals surface area contributed by atoms with Gasteiger partial charge >= 0.3 is 0 Å². The number of carbonyl (C=O) groups excluding carboxylic acids is 1. The van der Waals surface area contributed by atoms with Crippen LogP contribution in [-0.2, 0) is 25.4 Å². The highest BCUT2D eigenvalue weighted by Gasteiger charge is 1.93. The van der Waals surface area contributed by atoms with Crippen molar-refractivity contribution in [3.63, 3.8) is 0 Å². The zero-order valence-electron chi connectivity index (χ0n) is 5.64. The molecule has 0 saturated heterocycles. The summed E-state index contributed by atoms with van der Waals surface area (Å²) in [6.07, 6.45) is 2.47. The van der Waals surface area contributed by atoms with E-state index in [1.54, 1.807) is 0 Å². The van der Waals surface area contributed by atoms with Crippen LogP contribution in [0.3, 0.4) is 0 Å². The van der Waals surface area contributed by atoms with E-state index >= 15 is 0 Å². The van der Waals surface area contributed by atoms with Gasteiger partial charge in [0.2, 0.25) is 5.91 Å². The third-order valence-electron chi connectivity index (χ3n) is 0.794. The Morgan fingerprint density at radius 3 is 2.67 bits per heavy atom. The van der Waals surface area contributed by atoms with Crippen LogP contribution in [0.15, 0.2) is 0 Å². The topological polar surface area (TPSA) is 29.1 Å². The van der Waals surface area contributed by atoms with E-state index in [1.807, 2.05) is 13.2 Å². The first-order valence-electron chi connectivity index (χ1n) is 2.73. The average molecular weight is 165 g/mol. The van der Waals surface area contributed by atoms with Crippen molar-refractivity contribution in [2.75, 3.05) is 12.1 Å². The molecule has 1 amide bonds. The second kappa shape index (κ2) is 4.88. The number of carbonyl (C=O) groups is 1. The van der Waals surface area contributed by atoms with Crippen molar-refractivity contribution in [3.05, 3.63) is 0 Å². The molecule has 1 unspecified atom stereocenters. The predicted octanol–water partition coefficient (Wildman–Crippen LogP) is 0.180. The summed E-state index contributed by atoms with van der Waals surface area (Å²) >= 11 is 4.86. The number of hydrogen-bond acceptors (Lipinski definition) is 2. The summed E-state index contributed by atoms with van der Waals surface area (Å²) in [5.41, 5.74) is 0. The Balaban J connectivity index is 3.28. The molecule has 0 fully saturated rings. The summed E-state index contributed by atoms with van der Waals surface area (Å²) < 4.78 is 0. The van der Waals surface area contributed by atoms with Gasteiger partial charge in [-0.15, -0.1) is 9.45 Å². The zero-order chi connectivity index (χ0) is 7.28. The van der Waals surface area contributed by atoms with Gasteiger partial charge in [0, 0.05) is 6.42 Å². The first kappa shape index (κ1) is 9.04. The maximum atomic E-state index is 10.6. The third kappa shape index (κ3) is 5.92. The maximum Gasteiger partial charge on any atom is 0.220 e. The van der Waals surface area contributed by atoms with E-state index in [2.05, 4.69) is 5.32 Å². The van der Waals surface area contributed by atoms with Crippen LogP contribution in [-0.4, -0.2) is 18.0 Å². The van der Waals surface area contributed by atoms with Crippen molar-refractivity contribution in [2.45, 2.75) is 13.3 Å². The van der Waals surface area contributed by atoms with E-state index in [4.69, 9.17) is 11.2 Å². The van der Waals surface area contributed by atoms with Gasteiger partial charge in [0.15, 0.2) is 0 Å². The van der Waals surface area contributed by atoms with Gasteiger partial charge in [-0.2, -0.15) is 0 Å². The Bertz CT molecular complexity index is 124. The number of amides is 1. The SMILES string of the molecule is CCC(=O)NCS(C)=S. The minimum Gasteiger partial charge on any atom is -0.347 e. The molecule has 0 aromatic carbocycles. The van der Waals surface area contributed by atoms with E-state index in [0.717, 1.165) is 0 Å². The molecule has 0 aliphatic rings. The molecular weight excluding hydrogens is 154 g/mol. The highest BCUT2D eigenvalue weighted by Crippen LogP contribution is 1.75. The lowest BCUT2D eigenvalue weighted by Gasteiger charge is -1.99. The van der Waals surface area contributed by atoms with Gasteiger partial charge in [-0.1, -0.05) is 18.1 Å². The van der Waals surface area contributed by atoms with E-state index in [1.165, 1.54) is 0 Å². The van der Waals surface area contributed by atoms with Gasteiger partial charge in [0.1, 0.15) is 0 Å². The summed E-state index contributed by atoms with van der Waals surface area (Å²) in [4.78, 5) is 10.6. The Kier molecular flexibility index (Phi) is 4.90. The lowest BCUT2D eigenvalue weighted by molar-refractivity contribution is -0.120. The Morgan fingerprint density at radius 2 is 2.33 bits per heavy atom. The summed E-state index contributed by atoms with van der Waals surface area (Å²) in [5, 5.41) is 2.70. The molecule has 4 heteroatoms. The number of hydrogen-bond donors (Lipinski definition) is 1. The van der Waals surface area contributed by atoms with Crippen LogP contribution in [0.25, 0.3) is 0 Å². The molecule has 54 valence electrons. The minimum atomic E-state index is -0.0864. The molecule has 2 nitrogen and oxygen atoms in total. The lowest BCUT2D eigenvalue weighted by Crippen LogP contribution is -2.25. The van der Waals surface area contributed by atoms with Crippen LogP contribution in [0.4, 0.5) is 0 Å². The molecule has 9 heavy (non-hydrogen) atoms. The van der Waals surface area contributed by atoms with E-state index in [-0.39, 0.29) is 15.4 Å². The first-order chi connectivity index (χ1) is 4.16. The highest BCUT2D eigenvalue weighted by molar-refractivity contribution is 8.28. The second-order valence-corrected chi connectivity index (χ2v) is 4.81. The summed E-state index contributed by atoms with van der Waals surface area (Å²) in [5.74, 6) is 0.723. The normalized spacial score (nSPS) is 12.7. The summed E-state index contributed by atoms with van der Waals surface area (Å²) in [6, 6.07) is 0. The van der Waals surface area contributed by atoms with E-state index in [0.29, 0.717) is 12.3 Å². The van der Waals surface area contributed by atoms with Gasteiger partial charge in [0.25, 0.3) is 0 Å². The van der Waals surface area contributed by atoms with Crippen molar-refractivity contribution in [3.8, 4) is 0 Å². The largest absolute Gasteiger partial charge is 0.347 e. The van der Waals surface area contributed by atoms with E-state index in [9.17, 15) is 4.79 Å². The second-order valence-electron chi connectivity index (χ2n) is 1.67. The molecule has 0 aliphatic carbocycles. The smallest absolute Gasteiger partial charge is 0.220 e. The van der Waals surface area contributed by atoms with Crippen LogP contribution < -0.4 is 5.32 Å². The van der Waals surface area contributed by atoms with Crippen LogP contribution >= 0.6 is 0 Å². The maximum absolute atomic E-state index is 10.6. The average Bonchev–Trinajstić information content (AvgIpc) is 1.83. The molecule has 0 aliphatic heterocycles. The van der Waals surface area contributed by atoms with Crippen molar-refractivity contribution in [1.82, 2.24) is 5.32 Å². The lowest BCUT2D eigenvalue weighted by atomic mass is 10.5. The van der Waals surface area contributed by atoms with Crippen molar-refractivity contribution in [2.24, 2.45) is 0 Å². The Hall–Kier alpha value is 0.0400. The van der Waals surface area contributed by atoms with Crippen LogP contribution in [0.1, 0.15) is 13.3 Å². The Labute approximate surface area is 62.6 Å². The zero-order valence-corrected chi connectivity index (χ0v) is 7.27. The van der Waals surface area contributed by atoms with Crippen molar-refractivity contribution >= 4 is 26.5 Å². The van der Waals surface area contributed by atoms with Crippen LogP contribution in [0.2, 0.25) is 0 Å². The fraction of sp³-hybridized carbons (Fsp3) is 0.800. The molecule has 0 aromatic rings. The molecule has 0 bridgehead atoms. The quantitative estimate of drug-likeness (QED) is 0.646. The van der Waals surface area contributed by atoms with Crippen LogP contribution in [0, 0.1) is 0 Å². The molecule has 0 spiro atoms. The van der Waals surface area contributed by atoms with Gasteiger partial charge in [0.05, 0.1) is 5.88 Å². The number of rotatable bonds is 3. The molecule has 0 aromatic heterocycles. The number of nitrogens with one attached hydrogen (secondary N) is 1. The van der Waals surface area contributed by atoms with Crippen LogP contribution in [0.5, 0.6) is 0 Å². The fourth-order valence-electron chi connectivity index (χ4n) is 0.307. The van der Waals surface area contributed by atoms with Gasteiger partial charge in [-0.25, -0.2) is 0 Å². The molecule has 0 rings (SSSR count). The first-order valence-corrected chi connectivity index (χ1v) is 5.46. The monoisotopic (exact) mass is 165 g/mol. The summed E-state index contributed by atoms with van der Waals surface area (Å²) in [7, 11) is -0.0864. The predicted molar refractivity (Wildman–Crippen MR) is 44.0 cm³/mol. The molecule has 0 radical (unpaired) electrons. The molecule has 0 saturated carbocycles. The van der Waals surface area contributed by atoms with Crippen molar-refractivity contribution in [1.29, 1.82) is 0 Å². The molecule has 0 heterocycles.